The van der Waals surface area contributed by atoms with Gasteiger partial charge in [-0.25, -0.2) is 13.2 Å². The Kier molecular flexibility index (Phi) is 7.71. The highest BCUT2D eigenvalue weighted by Gasteiger charge is 2.41. The third-order valence-corrected chi connectivity index (χ3v) is 8.37. The number of benzene rings is 1. The number of nitrogens with zero attached hydrogens (tertiary/aromatic N) is 2. The van der Waals surface area contributed by atoms with Gasteiger partial charge in [-0.1, -0.05) is 6.07 Å². The molecule has 1 amide bonds. The van der Waals surface area contributed by atoms with E-state index in [1.807, 2.05) is 39.0 Å². The van der Waals surface area contributed by atoms with Gasteiger partial charge in [-0.3, -0.25) is 4.98 Å². The Balaban J connectivity index is 1.37. The lowest BCUT2D eigenvalue weighted by Crippen LogP contribution is -2.52. The van der Waals surface area contributed by atoms with Gasteiger partial charge in [0.15, 0.2) is 9.84 Å². The summed E-state index contributed by atoms with van der Waals surface area (Å²) in [6, 6.07) is 9.05. The number of pyridine rings is 1. The second kappa shape index (κ2) is 10.4. The Hall–Kier alpha value is -2.82. The minimum absolute atomic E-state index is 0.300. The van der Waals surface area contributed by atoms with Gasteiger partial charge in [0.25, 0.3) is 0 Å². The van der Waals surface area contributed by atoms with Crippen molar-refractivity contribution in [2.75, 3.05) is 18.8 Å². The van der Waals surface area contributed by atoms with Crippen LogP contribution in [0.25, 0.3) is 11.3 Å². The summed E-state index contributed by atoms with van der Waals surface area (Å²) in [6.45, 7) is 6.70. The van der Waals surface area contributed by atoms with Crippen molar-refractivity contribution in [3.63, 3.8) is 0 Å². The summed E-state index contributed by atoms with van der Waals surface area (Å²) >= 11 is 0. The van der Waals surface area contributed by atoms with E-state index >= 15 is 0 Å². The van der Waals surface area contributed by atoms with Crippen molar-refractivity contribution in [1.29, 1.82) is 0 Å². The number of aromatic nitrogens is 1. The maximum atomic E-state index is 12.4. The maximum Gasteiger partial charge on any atom is 0.410 e. The lowest BCUT2D eigenvalue weighted by Gasteiger charge is -2.44. The van der Waals surface area contributed by atoms with Crippen LogP contribution in [0.5, 0.6) is 5.75 Å². The number of fused-ring (bicyclic) bond motifs is 1. The van der Waals surface area contributed by atoms with Crippen LogP contribution in [0, 0.1) is 0 Å². The van der Waals surface area contributed by atoms with Crippen LogP contribution in [-0.4, -0.2) is 60.6 Å². The average Bonchev–Trinajstić information content (AvgIpc) is 2.82. The van der Waals surface area contributed by atoms with E-state index in [0.29, 0.717) is 24.3 Å². The molecule has 0 aliphatic carbocycles. The van der Waals surface area contributed by atoms with Crippen molar-refractivity contribution in [2.24, 2.45) is 0 Å². The van der Waals surface area contributed by atoms with Crippen LogP contribution >= 0.6 is 0 Å². The fourth-order valence-corrected chi connectivity index (χ4v) is 6.10. The molecule has 7 nitrogen and oxygen atoms in total. The quantitative estimate of drug-likeness (QED) is 0.471. The standard InChI is InChI=1S/C27H33F3N2O5S/c1-25(2,3)37-24(33)32-13-10-26(11-14-32)9-8-21-16-20(5-7-23(21)36-26)22-6-4-19(17-31-22)18-38(34,35)15-12-27(28,29)30/h4-7,16-17H,8-15,18H2,1-3H3. The first-order chi connectivity index (χ1) is 17.6. The van der Waals surface area contributed by atoms with Gasteiger partial charge in [-0.2, -0.15) is 13.2 Å². The zero-order valence-electron chi connectivity index (χ0n) is 21.8. The monoisotopic (exact) mass is 554 g/mol. The molecule has 1 spiro atoms. The van der Waals surface area contributed by atoms with E-state index in [-0.39, 0.29) is 11.7 Å². The first kappa shape index (κ1) is 28.2. The summed E-state index contributed by atoms with van der Waals surface area (Å²) in [5.41, 5.74) is 2.02. The summed E-state index contributed by atoms with van der Waals surface area (Å²) in [5, 5.41) is 0. The maximum absolute atomic E-state index is 12.4. The third kappa shape index (κ3) is 7.39. The van der Waals surface area contributed by atoms with E-state index in [2.05, 4.69) is 4.98 Å². The Morgan fingerprint density at radius 2 is 1.82 bits per heavy atom. The fraction of sp³-hybridized carbons (Fsp3) is 0.556. The lowest BCUT2D eigenvalue weighted by atomic mass is 9.83. The number of rotatable bonds is 5. The molecule has 2 aliphatic heterocycles. The summed E-state index contributed by atoms with van der Waals surface area (Å²) in [7, 11) is -3.89. The number of hydrogen-bond donors (Lipinski definition) is 0. The van der Waals surface area contributed by atoms with Gasteiger partial charge in [0.05, 0.1) is 23.6 Å². The van der Waals surface area contributed by atoms with E-state index < -0.39 is 39.5 Å². The van der Waals surface area contributed by atoms with Crippen molar-refractivity contribution < 1.29 is 35.9 Å². The molecule has 3 heterocycles. The Morgan fingerprint density at radius 1 is 1.11 bits per heavy atom. The van der Waals surface area contributed by atoms with E-state index in [0.717, 1.165) is 42.6 Å². The SMILES string of the molecule is CC(C)(C)OC(=O)N1CCC2(CCc3cc(-c4ccc(CS(=O)(=O)CCC(F)(F)F)cn4)ccc3O2)CC1. The Bertz CT molecular complexity index is 1260. The molecule has 0 N–H and O–H groups in total. The Labute approximate surface area is 221 Å². The number of halogens is 3. The van der Waals surface area contributed by atoms with E-state index in [4.69, 9.17) is 9.47 Å². The second-order valence-electron chi connectivity index (χ2n) is 11.1. The van der Waals surface area contributed by atoms with E-state index in [1.54, 1.807) is 17.0 Å². The molecule has 0 bridgehead atoms. The number of amides is 1. The van der Waals surface area contributed by atoms with Crippen LogP contribution in [0.4, 0.5) is 18.0 Å². The van der Waals surface area contributed by atoms with Crippen LogP contribution < -0.4 is 4.74 Å². The molecule has 1 saturated heterocycles. The van der Waals surface area contributed by atoms with Gasteiger partial charge in [0, 0.05) is 37.7 Å². The van der Waals surface area contributed by atoms with E-state index in [9.17, 15) is 26.4 Å². The fourth-order valence-electron chi connectivity index (χ4n) is 4.73. The number of carbonyl (C=O) groups is 1. The molecule has 0 atom stereocenters. The average molecular weight is 555 g/mol. The number of piperidine rings is 1. The van der Waals surface area contributed by atoms with Crippen molar-refractivity contribution >= 4 is 15.9 Å². The number of hydrogen-bond acceptors (Lipinski definition) is 6. The third-order valence-electron chi connectivity index (χ3n) is 6.77. The molecule has 0 unspecified atom stereocenters. The molecule has 1 fully saturated rings. The van der Waals surface area contributed by atoms with Gasteiger partial charge >= 0.3 is 12.3 Å². The molecule has 208 valence electrons. The summed E-state index contributed by atoms with van der Waals surface area (Å²) in [5.74, 6) is -0.621. The van der Waals surface area contributed by atoms with Gasteiger partial charge in [0.2, 0.25) is 0 Å². The smallest absolute Gasteiger partial charge is 0.410 e. The molecule has 0 radical (unpaired) electrons. The van der Waals surface area contributed by atoms with Crippen molar-refractivity contribution in [3.05, 3.63) is 47.7 Å². The van der Waals surface area contributed by atoms with Crippen LogP contribution in [0.15, 0.2) is 36.5 Å². The summed E-state index contributed by atoms with van der Waals surface area (Å²) in [4.78, 5) is 18.5. The number of sulfone groups is 1. The molecular weight excluding hydrogens is 521 g/mol. The number of carbonyl (C=O) groups excluding carboxylic acids is 1. The first-order valence-corrected chi connectivity index (χ1v) is 14.5. The van der Waals surface area contributed by atoms with Gasteiger partial charge in [-0.15, -0.1) is 0 Å². The number of alkyl halides is 3. The zero-order valence-corrected chi connectivity index (χ0v) is 22.6. The highest BCUT2D eigenvalue weighted by Crippen LogP contribution is 2.41. The minimum Gasteiger partial charge on any atom is -0.487 e. The van der Waals surface area contributed by atoms with Crippen LogP contribution in [0.3, 0.4) is 0 Å². The van der Waals surface area contributed by atoms with Crippen LogP contribution in [0.2, 0.25) is 0 Å². The lowest BCUT2D eigenvalue weighted by molar-refractivity contribution is -0.129. The van der Waals surface area contributed by atoms with Crippen LogP contribution in [-0.2, 0) is 26.7 Å². The van der Waals surface area contributed by atoms with Gasteiger partial charge in [-0.05, 0) is 69.0 Å². The number of aryl methyl sites for hydroxylation is 1. The highest BCUT2D eigenvalue weighted by atomic mass is 32.2. The molecule has 2 aromatic rings. The number of likely N-dealkylation sites (tertiary alicyclic amines) is 1. The molecule has 1 aromatic carbocycles. The first-order valence-electron chi connectivity index (χ1n) is 12.6. The van der Waals surface area contributed by atoms with Crippen LogP contribution in [0.1, 0.15) is 57.6 Å². The van der Waals surface area contributed by atoms with E-state index in [1.165, 1.54) is 6.20 Å². The number of ether oxygens (including phenoxy) is 2. The normalized spacial score (nSPS) is 17.6. The zero-order chi connectivity index (χ0) is 27.8. The molecule has 38 heavy (non-hydrogen) atoms. The molecule has 1 aromatic heterocycles. The molecule has 0 saturated carbocycles. The van der Waals surface area contributed by atoms with Crippen molar-refractivity contribution in [2.45, 2.75) is 76.0 Å². The Morgan fingerprint density at radius 3 is 2.42 bits per heavy atom. The molecular formula is C27H33F3N2O5S. The predicted molar refractivity (Wildman–Crippen MR) is 137 cm³/mol. The summed E-state index contributed by atoms with van der Waals surface area (Å²) in [6.07, 6.45) is -1.69. The largest absolute Gasteiger partial charge is 0.487 e. The minimum atomic E-state index is -4.51. The molecule has 2 aliphatic rings. The van der Waals surface area contributed by atoms with Gasteiger partial charge < -0.3 is 14.4 Å². The predicted octanol–water partition coefficient (Wildman–Crippen LogP) is 5.71. The second-order valence-corrected chi connectivity index (χ2v) is 13.3. The molecule has 4 rings (SSSR count). The topological polar surface area (TPSA) is 85.8 Å². The van der Waals surface area contributed by atoms with Crippen molar-refractivity contribution in [1.82, 2.24) is 9.88 Å². The van der Waals surface area contributed by atoms with Gasteiger partial charge in [0.1, 0.15) is 17.0 Å². The molecule has 11 heteroatoms. The highest BCUT2D eigenvalue weighted by molar-refractivity contribution is 7.90. The summed E-state index contributed by atoms with van der Waals surface area (Å²) < 4.78 is 73.1. The van der Waals surface area contributed by atoms with Crippen molar-refractivity contribution in [3.8, 4) is 17.0 Å².